The number of carbonyl (C=O) groups excluding carboxylic acids is 2. The predicted octanol–water partition coefficient (Wildman–Crippen LogP) is 3.17. The van der Waals surface area contributed by atoms with Crippen molar-refractivity contribution in [3.05, 3.63) is 76.5 Å². The number of fused-ring (bicyclic) bond motifs is 1. The molecule has 1 amide bonds. The van der Waals surface area contributed by atoms with Gasteiger partial charge in [0.25, 0.3) is 5.91 Å². The third-order valence-corrected chi connectivity index (χ3v) is 8.57. The minimum atomic E-state index is -4.19. The van der Waals surface area contributed by atoms with Gasteiger partial charge in [0.05, 0.1) is 23.4 Å². The molecule has 0 bridgehead atoms. The molecule has 0 spiro atoms. The van der Waals surface area contributed by atoms with Crippen molar-refractivity contribution in [3.63, 3.8) is 0 Å². The first kappa shape index (κ1) is 27.3. The van der Waals surface area contributed by atoms with E-state index in [-0.39, 0.29) is 37.1 Å². The van der Waals surface area contributed by atoms with Crippen molar-refractivity contribution in [2.45, 2.75) is 17.5 Å². The van der Waals surface area contributed by atoms with Gasteiger partial charge in [0, 0.05) is 19.3 Å². The van der Waals surface area contributed by atoms with E-state index < -0.39 is 22.0 Å². The largest absolute Gasteiger partial charge is 0.481 e. The Kier molecular flexibility index (Phi) is 8.81. The Labute approximate surface area is 225 Å². The topological polar surface area (TPSA) is 102 Å². The molecule has 2 aromatic carbocycles. The molecule has 1 unspecified atom stereocenters. The fourth-order valence-electron chi connectivity index (χ4n) is 3.99. The second kappa shape index (κ2) is 12.2. The molecule has 0 aliphatic carbocycles. The number of ether oxygens (including phenoxy) is 3. The van der Waals surface area contributed by atoms with Crippen LogP contribution in [0.15, 0.2) is 70.9 Å². The molecule has 0 saturated heterocycles. The second-order valence-corrected chi connectivity index (χ2v) is 11.0. The Bertz CT molecular complexity index is 1440. The highest BCUT2D eigenvalue weighted by atomic mass is 32.2. The molecule has 1 aliphatic rings. The van der Waals surface area contributed by atoms with Gasteiger partial charge in [-0.2, -0.15) is 4.31 Å². The number of amides is 1. The van der Waals surface area contributed by atoms with Gasteiger partial charge >= 0.3 is 5.97 Å². The zero-order valence-electron chi connectivity index (χ0n) is 20.8. The summed E-state index contributed by atoms with van der Waals surface area (Å²) in [4.78, 5) is 28.3. The van der Waals surface area contributed by atoms with Crippen LogP contribution in [-0.4, -0.2) is 64.6 Å². The van der Waals surface area contributed by atoms with Crippen LogP contribution in [0.3, 0.4) is 0 Å². The van der Waals surface area contributed by atoms with Crippen LogP contribution in [-0.2, 0) is 30.8 Å². The highest BCUT2D eigenvalue weighted by molar-refractivity contribution is 7.89. The molecule has 4 rings (SSSR count). The maximum atomic E-state index is 13.9. The van der Waals surface area contributed by atoms with Crippen LogP contribution in [0.25, 0.3) is 0 Å². The fourth-order valence-corrected chi connectivity index (χ4v) is 6.21. The van der Waals surface area contributed by atoms with Gasteiger partial charge in [0.2, 0.25) is 10.0 Å². The summed E-state index contributed by atoms with van der Waals surface area (Å²) in [5, 5.41) is 1.78. The summed E-state index contributed by atoms with van der Waals surface area (Å²) in [7, 11) is -1.45. The smallest absolute Gasteiger partial charge is 0.326 e. The number of anilines is 1. The van der Waals surface area contributed by atoms with Crippen molar-refractivity contribution < 1.29 is 32.2 Å². The van der Waals surface area contributed by atoms with Gasteiger partial charge in [-0.3, -0.25) is 9.59 Å². The lowest BCUT2D eigenvalue weighted by molar-refractivity contribution is -0.144. The average Bonchev–Trinajstić information content (AvgIpc) is 3.41. The van der Waals surface area contributed by atoms with Gasteiger partial charge < -0.3 is 19.1 Å². The second-order valence-electron chi connectivity index (χ2n) is 8.16. The zero-order chi connectivity index (χ0) is 27.1. The van der Waals surface area contributed by atoms with E-state index in [2.05, 4.69) is 11.8 Å². The quantitative estimate of drug-likeness (QED) is 0.327. The molecule has 3 aromatic rings. The number of nitrogens with zero attached hydrogens (tertiary/aromatic N) is 2. The van der Waals surface area contributed by atoms with Crippen molar-refractivity contribution in [1.82, 2.24) is 4.31 Å². The number of hydrogen-bond acceptors (Lipinski definition) is 8. The molecule has 0 N–H and O–H groups in total. The molecule has 2 heterocycles. The number of para-hydroxylation sites is 1. The zero-order valence-corrected chi connectivity index (χ0v) is 22.5. The lowest BCUT2D eigenvalue weighted by atomic mass is 10.1. The van der Waals surface area contributed by atoms with E-state index in [0.29, 0.717) is 21.9 Å². The number of esters is 1. The van der Waals surface area contributed by atoms with Crippen LogP contribution in [0.1, 0.15) is 15.2 Å². The summed E-state index contributed by atoms with van der Waals surface area (Å²) in [5.74, 6) is 4.91. The number of thiophene rings is 1. The highest BCUT2D eigenvalue weighted by Crippen LogP contribution is 2.33. The van der Waals surface area contributed by atoms with Gasteiger partial charge in [0.15, 0.2) is 0 Å². The van der Waals surface area contributed by atoms with E-state index >= 15 is 0 Å². The number of methoxy groups -OCH3 is 2. The van der Waals surface area contributed by atoms with E-state index in [4.69, 9.17) is 14.2 Å². The van der Waals surface area contributed by atoms with Crippen LogP contribution < -0.4 is 9.64 Å². The monoisotopic (exact) mass is 554 g/mol. The van der Waals surface area contributed by atoms with E-state index in [9.17, 15) is 18.0 Å². The first-order valence-electron chi connectivity index (χ1n) is 11.6. The first-order chi connectivity index (χ1) is 18.4. The van der Waals surface area contributed by atoms with Crippen LogP contribution in [0.4, 0.5) is 5.69 Å². The molecule has 38 heavy (non-hydrogen) atoms. The number of benzene rings is 2. The van der Waals surface area contributed by atoms with Gasteiger partial charge in [-0.05, 0) is 47.3 Å². The summed E-state index contributed by atoms with van der Waals surface area (Å²) in [6.45, 7) is 0.0783. The summed E-state index contributed by atoms with van der Waals surface area (Å²) in [6, 6.07) is 15.1. The first-order valence-corrected chi connectivity index (χ1v) is 13.9. The summed E-state index contributed by atoms with van der Waals surface area (Å²) < 4.78 is 44.2. The lowest BCUT2D eigenvalue weighted by Crippen LogP contribution is -2.50. The Morgan fingerprint density at radius 1 is 1.00 bits per heavy atom. The predicted molar refractivity (Wildman–Crippen MR) is 143 cm³/mol. The normalized spacial score (nSPS) is 15.5. The third-order valence-electron chi connectivity index (χ3n) is 5.84. The Morgan fingerprint density at radius 3 is 2.42 bits per heavy atom. The third kappa shape index (κ3) is 5.89. The molecule has 1 aromatic heterocycles. The van der Waals surface area contributed by atoms with E-state index in [1.165, 1.54) is 47.6 Å². The fraction of sp³-hybridized carbons (Fsp3) is 0.259. The molecule has 0 radical (unpaired) electrons. The Hall–Kier alpha value is -3.69. The minimum Gasteiger partial charge on any atom is -0.481 e. The molecular formula is C27H26N2O7S2. The van der Waals surface area contributed by atoms with Gasteiger partial charge in [-0.25, -0.2) is 8.42 Å². The highest BCUT2D eigenvalue weighted by Gasteiger charge is 2.42. The van der Waals surface area contributed by atoms with Crippen LogP contribution in [0.5, 0.6) is 5.75 Å². The number of sulfonamides is 1. The Balaban J connectivity index is 1.68. The minimum absolute atomic E-state index is 0.0280. The Morgan fingerprint density at radius 2 is 1.74 bits per heavy atom. The van der Waals surface area contributed by atoms with Crippen molar-refractivity contribution in [2.75, 3.05) is 38.9 Å². The summed E-state index contributed by atoms with van der Waals surface area (Å²) in [5.41, 5.74) is 1.12. The number of carbonyl (C=O) groups is 2. The molecule has 11 heteroatoms. The van der Waals surface area contributed by atoms with E-state index in [1.807, 2.05) is 0 Å². The van der Waals surface area contributed by atoms with Crippen molar-refractivity contribution in [3.8, 4) is 17.6 Å². The van der Waals surface area contributed by atoms with Gasteiger partial charge in [-0.1, -0.05) is 36.1 Å². The van der Waals surface area contributed by atoms with Crippen LogP contribution >= 0.6 is 11.3 Å². The molecule has 0 saturated carbocycles. The van der Waals surface area contributed by atoms with Crippen molar-refractivity contribution in [2.24, 2.45) is 0 Å². The SMILES string of the molecule is COCC#CCOc1ccc(S(=O)(=O)N2Cc3ccccc3N(C(=O)c3cccs3)CC2C(=O)OC)cc1. The van der Waals surface area contributed by atoms with Crippen molar-refractivity contribution >= 4 is 38.9 Å². The number of rotatable bonds is 7. The van der Waals surface area contributed by atoms with Gasteiger partial charge in [0.1, 0.15) is 25.0 Å². The average molecular weight is 555 g/mol. The standard InChI is InChI=1S/C27H26N2O7S2/c1-34-15-5-6-16-36-21-11-13-22(14-12-21)38(32,33)29-18-20-8-3-4-9-23(20)28(19-24(29)27(31)35-2)26(30)25-10-7-17-37-25/h3-4,7-14,17,24H,15-16,18-19H2,1-2H3. The molecule has 9 nitrogen and oxygen atoms in total. The maximum absolute atomic E-state index is 13.9. The molecular weight excluding hydrogens is 528 g/mol. The molecule has 198 valence electrons. The number of hydrogen-bond donors (Lipinski definition) is 0. The molecule has 1 aliphatic heterocycles. The molecule has 0 fully saturated rings. The van der Waals surface area contributed by atoms with E-state index in [1.54, 1.807) is 48.9 Å². The molecule has 1 atom stereocenters. The van der Waals surface area contributed by atoms with Crippen molar-refractivity contribution in [1.29, 1.82) is 0 Å². The van der Waals surface area contributed by atoms with Crippen LogP contribution in [0.2, 0.25) is 0 Å². The maximum Gasteiger partial charge on any atom is 0.326 e. The van der Waals surface area contributed by atoms with Crippen LogP contribution in [0, 0.1) is 11.8 Å². The lowest BCUT2D eigenvalue weighted by Gasteiger charge is -2.29. The van der Waals surface area contributed by atoms with Gasteiger partial charge in [-0.15, -0.1) is 11.3 Å². The summed E-state index contributed by atoms with van der Waals surface area (Å²) >= 11 is 1.27. The summed E-state index contributed by atoms with van der Waals surface area (Å²) in [6.07, 6.45) is 0. The van der Waals surface area contributed by atoms with E-state index in [0.717, 1.165) is 4.31 Å².